The van der Waals surface area contributed by atoms with Crippen LogP contribution in [0, 0.1) is 13.8 Å². The first-order valence-corrected chi connectivity index (χ1v) is 11.5. The number of benzene rings is 3. The van der Waals surface area contributed by atoms with Gasteiger partial charge in [-0.1, -0.05) is 6.07 Å². The summed E-state index contributed by atoms with van der Waals surface area (Å²) in [5.74, 6) is -0.720. The average molecular weight is 505 g/mol. The van der Waals surface area contributed by atoms with E-state index in [9.17, 15) is 19.2 Å². The van der Waals surface area contributed by atoms with Crippen molar-refractivity contribution in [1.82, 2.24) is 0 Å². The molecule has 0 spiro atoms. The van der Waals surface area contributed by atoms with Gasteiger partial charge < -0.3 is 24.8 Å². The number of esters is 2. The molecule has 0 aromatic heterocycles. The number of rotatable bonds is 10. The van der Waals surface area contributed by atoms with Crippen LogP contribution in [0.15, 0.2) is 66.7 Å². The molecule has 0 atom stereocenters. The van der Waals surface area contributed by atoms with Crippen LogP contribution in [0.2, 0.25) is 0 Å². The Labute approximate surface area is 214 Å². The Hall–Kier alpha value is -4.66. The van der Waals surface area contributed by atoms with Crippen molar-refractivity contribution in [2.45, 2.75) is 26.7 Å². The lowest BCUT2D eigenvalue weighted by atomic mass is 10.1. The van der Waals surface area contributed by atoms with Crippen LogP contribution < -0.4 is 15.4 Å². The molecule has 0 aliphatic carbocycles. The first kappa shape index (κ1) is 26.9. The average Bonchev–Trinajstić information content (AvgIpc) is 2.87. The van der Waals surface area contributed by atoms with E-state index in [4.69, 9.17) is 9.47 Å². The summed E-state index contributed by atoms with van der Waals surface area (Å²) in [4.78, 5) is 47.5. The van der Waals surface area contributed by atoms with E-state index in [-0.39, 0.29) is 18.7 Å². The molecule has 0 aliphatic heterocycles. The van der Waals surface area contributed by atoms with E-state index in [1.54, 1.807) is 24.3 Å². The van der Waals surface area contributed by atoms with E-state index >= 15 is 0 Å². The molecule has 3 aromatic rings. The molecule has 0 saturated carbocycles. The first-order valence-electron chi connectivity index (χ1n) is 11.5. The van der Waals surface area contributed by atoms with Crippen molar-refractivity contribution in [2.75, 3.05) is 24.4 Å². The normalized spacial score (nSPS) is 10.2. The van der Waals surface area contributed by atoms with Gasteiger partial charge in [0, 0.05) is 17.8 Å². The van der Waals surface area contributed by atoms with Crippen molar-refractivity contribution in [2.24, 2.45) is 0 Å². The first-order chi connectivity index (χ1) is 17.7. The van der Waals surface area contributed by atoms with Crippen LogP contribution in [0.1, 0.15) is 34.3 Å². The molecular weight excluding hydrogens is 476 g/mol. The maximum absolute atomic E-state index is 12.2. The summed E-state index contributed by atoms with van der Waals surface area (Å²) < 4.78 is 15.4. The third kappa shape index (κ3) is 8.81. The Kier molecular flexibility index (Phi) is 9.37. The molecule has 0 radical (unpaired) electrons. The number of hydrogen-bond acceptors (Lipinski definition) is 7. The van der Waals surface area contributed by atoms with Gasteiger partial charge in [-0.3, -0.25) is 14.4 Å². The van der Waals surface area contributed by atoms with Gasteiger partial charge in [0.05, 0.1) is 19.1 Å². The van der Waals surface area contributed by atoms with Gasteiger partial charge in [0.2, 0.25) is 5.91 Å². The van der Waals surface area contributed by atoms with Crippen LogP contribution in [0.25, 0.3) is 0 Å². The predicted molar refractivity (Wildman–Crippen MR) is 138 cm³/mol. The largest absolute Gasteiger partial charge is 0.465 e. The minimum atomic E-state index is -0.677. The summed E-state index contributed by atoms with van der Waals surface area (Å²) in [6.45, 7) is 3.50. The molecule has 0 fully saturated rings. The van der Waals surface area contributed by atoms with E-state index in [1.807, 2.05) is 26.0 Å². The highest BCUT2D eigenvalue weighted by Gasteiger charge is 2.12. The molecule has 3 aromatic carbocycles. The van der Waals surface area contributed by atoms with Crippen molar-refractivity contribution in [3.8, 4) is 11.5 Å². The molecule has 9 nitrogen and oxygen atoms in total. The fraction of sp³-hybridized carbons (Fsp3) is 0.214. The van der Waals surface area contributed by atoms with E-state index in [2.05, 4.69) is 21.4 Å². The lowest BCUT2D eigenvalue weighted by molar-refractivity contribution is -0.147. The molecular formula is C28H28N2O7. The number of methoxy groups -OCH3 is 1. The van der Waals surface area contributed by atoms with Crippen molar-refractivity contribution < 1.29 is 33.4 Å². The van der Waals surface area contributed by atoms with Gasteiger partial charge in [0.15, 0.2) is 6.61 Å². The second-order valence-corrected chi connectivity index (χ2v) is 8.28. The molecule has 0 aliphatic rings. The number of hydrogen-bond donors (Lipinski definition) is 2. The van der Waals surface area contributed by atoms with Gasteiger partial charge in [0.1, 0.15) is 11.5 Å². The fourth-order valence-electron chi connectivity index (χ4n) is 3.40. The van der Waals surface area contributed by atoms with Crippen molar-refractivity contribution in [3.63, 3.8) is 0 Å². The highest BCUT2D eigenvalue weighted by atomic mass is 16.5. The molecule has 0 unspecified atom stereocenters. The van der Waals surface area contributed by atoms with E-state index in [1.165, 1.54) is 31.4 Å². The Bertz CT molecular complexity index is 1250. The van der Waals surface area contributed by atoms with Crippen molar-refractivity contribution in [3.05, 3.63) is 83.4 Å². The molecule has 9 heteroatoms. The monoisotopic (exact) mass is 504 g/mol. The van der Waals surface area contributed by atoms with Gasteiger partial charge in [-0.15, -0.1) is 0 Å². The quantitative estimate of drug-likeness (QED) is 0.381. The molecule has 2 N–H and O–H groups in total. The van der Waals surface area contributed by atoms with E-state index in [0.717, 1.165) is 16.9 Å². The molecule has 2 amide bonds. The van der Waals surface area contributed by atoms with Gasteiger partial charge in [0.25, 0.3) is 5.91 Å². The number of carbonyl (C=O) groups is 4. The zero-order valence-electron chi connectivity index (χ0n) is 20.8. The maximum Gasteiger partial charge on any atom is 0.337 e. The van der Waals surface area contributed by atoms with Gasteiger partial charge in [-0.05, 0) is 85.6 Å². The number of nitrogens with one attached hydrogen (secondary N) is 2. The highest BCUT2D eigenvalue weighted by molar-refractivity contribution is 5.95. The van der Waals surface area contributed by atoms with Crippen LogP contribution in [0.5, 0.6) is 11.5 Å². The van der Waals surface area contributed by atoms with Crippen LogP contribution in [-0.4, -0.2) is 37.5 Å². The molecule has 0 bridgehead atoms. The number of ether oxygens (including phenoxy) is 3. The summed E-state index contributed by atoms with van der Waals surface area (Å²) in [6.07, 6.45) is -0.281. The maximum atomic E-state index is 12.2. The third-order valence-corrected chi connectivity index (χ3v) is 5.08. The Morgan fingerprint density at radius 3 is 1.86 bits per heavy atom. The molecule has 3 rings (SSSR count). The number of aryl methyl sites for hydroxylation is 2. The summed E-state index contributed by atoms with van der Waals surface area (Å²) in [5, 5.41) is 5.25. The van der Waals surface area contributed by atoms with Gasteiger partial charge in [-0.25, -0.2) is 4.79 Å². The zero-order valence-corrected chi connectivity index (χ0v) is 20.8. The second kappa shape index (κ2) is 12.9. The molecule has 37 heavy (non-hydrogen) atoms. The van der Waals surface area contributed by atoms with Gasteiger partial charge in [-0.2, -0.15) is 0 Å². The van der Waals surface area contributed by atoms with Crippen LogP contribution in [-0.2, 0) is 23.9 Å². The lowest BCUT2D eigenvalue weighted by Gasteiger charge is -2.10. The lowest BCUT2D eigenvalue weighted by Crippen LogP contribution is -2.21. The standard InChI is InChI=1S/C28H28N2O7/c1-18-14-19(2)16-24(15-18)37-23-10-8-22(9-11-23)29-25(31)12-13-27(33)36-17-26(32)30-21-6-4-20(5-7-21)28(34)35-3/h4-11,14-16H,12-13,17H2,1-3H3,(H,29,31)(H,30,32). The third-order valence-electron chi connectivity index (χ3n) is 5.08. The fourth-order valence-corrected chi connectivity index (χ4v) is 3.40. The molecule has 0 saturated heterocycles. The Morgan fingerprint density at radius 1 is 0.703 bits per heavy atom. The summed E-state index contributed by atoms with van der Waals surface area (Å²) in [7, 11) is 1.27. The minimum Gasteiger partial charge on any atom is -0.465 e. The van der Waals surface area contributed by atoms with Crippen molar-refractivity contribution in [1.29, 1.82) is 0 Å². The van der Waals surface area contributed by atoms with Crippen molar-refractivity contribution >= 4 is 35.1 Å². The smallest absolute Gasteiger partial charge is 0.337 e. The predicted octanol–water partition coefficient (Wildman–Crippen LogP) is 4.78. The number of carbonyl (C=O) groups excluding carboxylic acids is 4. The minimum absolute atomic E-state index is 0.101. The Morgan fingerprint density at radius 2 is 1.27 bits per heavy atom. The second-order valence-electron chi connectivity index (χ2n) is 8.28. The van der Waals surface area contributed by atoms with E-state index < -0.39 is 24.5 Å². The van der Waals surface area contributed by atoms with Gasteiger partial charge >= 0.3 is 11.9 Å². The zero-order chi connectivity index (χ0) is 26.8. The van der Waals surface area contributed by atoms with E-state index in [0.29, 0.717) is 22.7 Å². The Balaban J connectivity index is 1.37. The number of anilines is 2. The number of amides is 2. The highest BCUT2D eigenvalue weighted by Crippen LogP contribution is 2.25. The molecule has 0 heterocycles. The SMILES string of the molecule is COC(=O)c1ccc(NC(=O)COC(=O)CCC(=O)Nc2ccc(Oc3cc(C)cc(C)c3)cc2)cc1. The topological polar surface area (TPSA) is 120 Å². The van der Waals surface area contributed by atoms with Crippen LogP contribution in [0.4, 0.5) is 11.4 Å². The molecule has 192 valence electrons. The van der Waals surface area contributed by atoms with Crippen LogP contribution >= 0.6 is 0 Å². The van der Waals surface area contributed by atoms with Crippen LogP contribution in [0.3, 0.4) is 0 Å². The summed E-state index contributed by atoms with van der Waals surface area (Å²) >= 11 is 0. The summed E-state index contributed by atoms with van der Waals surface area (Å²) in [6, 6.07) is 18.9. The summed E-state index contributed by atoms with van der Waals surface area (Å²) in [5.41, 5.74) is 3.53.